The summed E-state index contributed by atoms with van der Waals surface area (Å²) in [5.74, 6) is -0.490. The van der Waals surface area contributed by atoms with Gasteiger partial charge < -0.3 is 4.74 Å². The number of benzene rings is 1. The van der Waals surface area contributed by atoms with Gasteiger partial charge in [-0.2, -0.15) is 0 Å². The van der Waals surface area contributed by atoms with E-state index in [2.05, 4.69) is 0 Å². The van der Waals surface area contributed by atoms with Crippen LogP contribution in [0, 0.1) is 5.38 Å². The van der Waals surface area contributed by atoms with E-state index in [-0.39, 0.29) is 5.38 Å². The Morgan fingerprint density at radius 1 is 1.20 bits per heavy atom. The van der Waals surface area contributed by atoms with Crippen LogP contribution in [-0.4, -0.2) is 11.6 Å². The summed E-state index contributed by atoms with van der Waals surface area (Å²) in [5.41, 5.74) is 0.153. The SMILES string of the molecule is CC(C)(C)OC(=O)[C](Cl)c1ccccc1. The number of carbonyl (C=O) groups excluding carboxylic acids is 1. The number of hydrogen-bond donors (Lipinski definition) is 0. The minimum atomic E-state index is -0.522. The van der Waals surface area contributed by atoms with Gasteiger partial charge >= 0.3 is 5.97 Å². The summed E-state index contributed by atoms with van der Waals surface area (Å²) in [6.07, 6.45) is 0. The molecule has 0 saturated carbocycles. The van der Waals surface area contributed by atoms with Crippen molar-refractivity contribution in [3.63, 3.8) is 0 Å². The van der Waals surface area contributed by atoms with Crippen molar-refractivity contribution >= 4 is 17.6 Å². The van der Waals surface area contributed by atoms with Gasteiger partial charge in [-0.05, 0) is 26.3 Å². The number of halogens is 1. The van der Waals surface area contributed by atoms with Crippen LogP contribution >= 0.6 is 11.6 Å². The molecule has 0 heterocycles. The van der Waals surface area contributed by atoms with E-state index in [1.54, 1.807) is 32.9 Å². The molecule has 1 radical (unpaired) electrons. The first-order valence-corrected chi connectivity index (χ1v) is 5.09. The third-order valence-corrected chi connectivity index (χ3v) is 1.98. The molecule has 0 amide bonds. The molecule has 3 heteroatoms. The minimum Gasteiger partial charge on any atom is -0.458 e. The van der Waals surface area contributed by atoms with Gasteiger partial charge in [0.05, 0.1) is 0 Å². The number of rotatable bonds is 2. The van der Waals surface area contributed by atoms with Gasteiger partial charge in [0.1, 0.15) is 5.60 Å². The van der Waals surface area contributed by atoms with Crippen LogP contribution in [-0.2, 0) is 9.53 Å². The van der Waals surface area contributed by atoms with Crippen LogP contribution in [0.5, 0.6) is 0 Å². The maximum Gasteiger partial charge on any atom is 0.335 e. The Balaban J connectivity index is 2.70. The molecule has 0 bridgehead atoms. The molecule has 0 aliphatic heterocycles. The van der Waals surface area contributed by atoms with Crippen molar-refractivity contribution in [1.29, 1.82) is 0 Å². The molecule has 0 aliphatic rings. The summed E-state index contributed by atoms with van der Waals surface area (Å²) < 4.78 is 5.15. The highest BCUT2D eigenvalue weighted by Gasteiger charge is 2.25. The molecule has 0 spiro atoms. The molecule has 1 rings (SSSR count). The Kier molecular flexibility index (Phi) is 3.75. The molecule has 0 fully saturated rings. The molecule has 0 saturated heterocycles. The monoisotopic (exact) mass is 225 g/mol. The van der Waals surface area contributed by atoms with Gasteiger partial charge in [-0.1, -0.05) is 41.9 Å². The molecule has 1 aromatic rings. The summed E-state index contributed by atoms with van der Waals surface area (Å²) >= 11 is 5.90. The Bertz CT molecular complexity index is 327. The van der Waals surface area contributed by atoms with Crippen molar-refractivity contribution < 1.29 is 9.53 Å². The average Bonchev–Trinajstić information content (AvgIpc) is 2.15. The lowest BCUT2D eigenvalue weighted by atomic mass is 10.1. The quantitative estimate of drug-likeness (QED) is 0.723. The van der Waals surface area contributed by atoms with Crippen molar-refractivity contribution in [2.45, 2.75) is 26.4 Å². The molecule has 15 heavy (non-hydrogen) atoms. The van der Waals surface area contributed by atoms with Crippen molar-refractivity contribution in [2.24, 2.45) is 0 Å². The van der Waals surface area contributed by atoms with Crippen molar-refractivity contribution in [1.82, 2.24) is 0 Å². The van der Waals surface area contributed by atoms with Gasteiger partial charge in [0.15, 0.2) is 0 Å². The molecule has 81 valence electrons. The van der Waals surface area contributed by atoms with Gasteiger partial charge in [-0.25, -0.2) is 4.79 Å². The highest BCUT2D eigenvalue weighted by molar-refractivity contribution is 6.40. The lowest BCUT2D eigenvalue weighted by Crippen LogP contribution is -2.26. The molecular weight excluding hydrogens is 212 g/mol. The fourth-order valence-corrected chi connectivity index (χ4v) is 1.19. The number of ether oxygens (including phenoxy) is 1. The first-order chi connectivity index (χ1) is 6.90. The standard InChI is InChI=1S/C12H14ClO2/c1-12(2,3)15-11(14)10(13)9-7-5-4-6-8-9/h4-8H,1-3H3. The summed E-state index contributed by atoms with van der Waals surface area (Å²) in [7, 11) is 0. The lowest BCUT2D eigenvalue weighted by Gasteiger charge is -2.21. The lowest BCUT2D eigenvalue weighted by molar-refractivity contribution is -0.150. The van der Waals surface area contributed by atoms with Crippen LogP contribution in [0.4, 0.5) is 0 Å². The maximum absolute atomic E-state index is 11.6. The Morgan fingerprint density at radius 3 is 2.20 bits per heavy atom. The first-order valence-electron chi connectivity index (χ1n) is 4.71. The van der Waals surface area contributed by atoms with E-state index in [1.807, 2.05) is 18.2 Å². The predicted molar refractivity (Wildman–Crippen MR) is 60.5 cm³/mol. The van der Waals surface area contributed by atoms with Crippen molar-refractivity contribution in [3.05, 3.63) is 41.3 Å². The fourth-order valence-electron chi connectivity index (χ4n) is 1.03. The van der Waals surface area contributed by atoms with E-state index in [1.165, 1.54) is 0 Å². The number of hydrogen-bond acceptors (Lipinski definition) is 2. The summed E-state index contributed by atoms with van der Waals surface area (Å²) in [5, 5.41) is 0.116. The smallest absolute Gasteiger partial charge is 0.335 e. The summed E-state index contributed by atoms with van der Waals surface area (Å²) in [6.45, 7) is 5.42. The van der Waals surface area contributed by atoms with E-state index in [4.69, 9.17) is 16.3 Å². The first kappa shape index (κ1) is 12.1. The largest absolute Gasteiger partial charge is 0.458 e. The van der Waals surface area contributed by atoms with Gasteiger partial charge in [0, 0.05) is 0 Å². The maximum atomic E-state index is 11.6. The Labute approximate surface area is 95.2 Å². The number of esters is 1. The summed E-state index contributed by atoms with van der Waals surface area (Å²) in [4.78, 5) is 11.6. The third-order valence-electron chi connectivity index (χ3n) is 1.61. The zero-order chi connectivity index (χ0) is 11.5. The van der Waals surface area contributed by atoms with Crippen LogP contribution in [0.15, 0.2) is 30.3 Å². The Hall–Kier alpha value is -1.02. The van der Waals surface area contributed by atoms with Crippen LogP contribution in [0.2, 0.25) is 0 Å². The van der Waals surface area contributed by atoms with Crippen LogP contribution in [0.1, 0.15) is 26.3 Å². The summed E-state index contributed by atoms with van der Waals surface area (Å²) in [6, 6.07) is 9.05. The highest BCUT2D eigenvalue weighted by Crippen LogP contribution is 2.22. The highest BCUT2D eigenvalue weighted by atomic mass is 35.5. The fraction of sp³-hybridized carbons (Fsp3) is 0.333. The van der Waals surface area contributed by atoms with E-state index in [0.717, 1.165) is 0 Å². The topological polar surface area (TPSA) is 26.3 Å². The van der Waals surface area contributed by atoms with E-state index in [9.17, 15) is 4.79 Å². The second-order valence-electron chi connectivity index (χ2n) is 4.18. The molecule has 0 N–H and O–H groups in total. The zero-order valence-corrected chi connectivity index (χ0v) is 9.84. The van der Waals surface area contributed by atoms with Gasteiger partial charge in [0.25, 0.3) is 0 Å². The van der Waals surface area contributed by atoms with Crippen LogP contribution in [0.3, 0.4) is 0 Å². The zero-order valence-electron chi connectivity index (χ0n) is 9.08. The molecule has 1 aromatic carbocycles. The Morgan fingerprint density at radius 2 is 1.73 bits per heavy atom. The molecular formula is C12H14ClO2. The van der Waals surface area contributed by atoms with Crippen molar-refractivity contribution in [3.8, 4) is 0 Å². The molecule has 0 aromatic heterocycles. The van der Waals surface area contributed by atoms with Gasteiger partial charge in [0.2, 0.25) is 5.38 Å². The molecule has 0 aliphatic carbocycles. The third kappa shape index (κ3) is 3.92. The second-order valence-corrected chi connectivity index (χ2v) is 4.56. The van der Waals surface area contributed by atoms with E-state index < -0.39 is 11.6 Å². The second kappa shape index (κ2) is 4.67. The van der Waals surface area contributed by atoms with Crippen molar-refractivity contribution in [2.75, 3.05) is 0 Å². The van der Waals surface area contributed by atoms with Crippen LogP contribution < -0.4 is 0 Å². The van der Waals surface area contributed by atoms with Gasteiger partial charge in [-0.3, -0.25) is 0 Å². The van der Waals surface area contributed by atoms with Gasteiger partial charge in [-0.15, -0.1) is 0 Å². The predicted octanol–water partition coefficient (Wildman–Crippen LogP) is 3.15. The minimum absolute atomic E-state index is 0.116. The average molecular weight is 226 g/mol. The molecule has 0 atom stereocenters. The van der Waals surface area contributed by atoms with Crippen LogP contribution in [0.25, 0.3) is 0 Å². The normalized spacial score (nSPS) is 11.5. The van der Waals surface area contributed by atoms with E-state index >= 15 is 0 Å². The number of carbonyl (C=O) groups is 1. The van der Waals surface area contributed by atoms with E-state index in [0.29, 0.717) is 5.56 Å². The molecule has 0 unspecified atom stereocenters. The molecule has 2 nitrogen and oxygen atoms in total.